The van der Waals surface area contributed by atoms with Crippen LogP contribution >= 0.6 is 23.2 Å². The van der Waals surface area contributed by atoms with Gasteiger partial charge in [0.15, 0.2) is 0 Å². The molecule has 1 heterocycles. The van der Waals surface area contributed by atoms with Crippen LogP contribution in [0.2, 0.25) is 10.0 Å². The van der Waals surface area contributed by atoms with Crippen LogP contribution in [-0.2, 0) is 9.59 Å². The largest absolute Gasteiger partial charge is 0.497 e. The van der Waals surface area contributed by atoms with Crippen LogP contribution in [0.5, 0.6) is 5.75 Å². The summed E-state index contributed by atoms with van der Waals surface area (Å²) in [5.74, 6) is -0.0491. The van der Waals surface area contributed by atoms with Gasteiger partial charge in [-0.1, -0.05) is 23.2 Å². The van der Waals surface area contributed by atoms with Gasteiger partial charge in [-0.2, -0.15) is 0 Å². The minimum Gasteiger partial charge on any atom is -0.497 e. The van der Waals surface area contributed by atoms with Gasteiger partial charge in [-0.25, -0.2) is 0 Å². The van der Waals surface area contributed by atoms with Crippen LogP contribution < -0.4 is 15.0 Å². The van der Waals surface area contributed by atoms with E-state index in [1.807, 2.05) is 0 Å². The van der Waals surface area contributed by atoms with Gasteiger partial charge in [-0.05, 0) is 42.5 Å². The van der Waals surface area contributed by atoms with Crippen molar-refractivity contribution in [3.63, 3.8) is 0 Å². The zero-order chi connectivity index (χ0) is 18.0. The molecule has 0 saturated carbocycles. The average Bonchev–Trinajstić information content (AvgIpc) is 2.96. The number of hydrogen-bond acceptors (Lipinski definition) is 3. The maximum absolute atomic E-state index is 12.5. The van der Waals surface area contributed by atoms with E-state index >= 15 is 0 Å². The number of methoxy groups -OCH3 is 1. The molecule has 2 aromatic carbocycles. The third-order valence-corrected chi connectivity index (χ3v) is 4.45. The highest BCUT2D eigenvalue weighted by Gasteiger charge is 2.35. The van der Waals surface area contributed by atoms with E-state index in [1.165, 1.54) is 0 Å². The van der Waals surface area contributed by atoms with Gasteiger partial charge in [-0.15, -0.1) is 0 Å². The standard InChI is InChI=1S/C18H16Cl2N2O3/c1-25-16-4-2-15(3-5-16)22-10-11(6-17(22)23)18(24)21-14-8-12(19)7-13(20)9-14/h2-5,7-9,11H,6,10H2,1H3,(H,21,24)/t11-/m0/s1. The number of amides is 2. The summed E-state index contributed by atoms with van der Waals surface area (Å²) >= 11 is 11.9. The van der Waals surface area contributed by atoms with E-state index in [9.17, 15) is 9.59 Å². The number of carbonyl (C=O) groups is 2. The predicted molar refractivity (Wildman–Crippen MR) is 98.5 cm³/mol. The summed E-state index contributed by atoms with van der Waals surface area (Å²) in [6.07, 6.45) is 0.159. The summed E-state index contributed by atoms with van der Waals surface area (Å²) in [5.41, 5.74) is 1.25. The van der Waals surface area contributed by atoms with E-state index in [4.69, 9.17) is 27.9 Å². The molecule has 1 fully saturated rings. The predicted octanol–water partition coefficient (Wildman–Crippen LogP) is 3.99. The average molecular weight is 379 g/mol. The van der Waals surface area contributed by atoms with Gasteiger partial charge in [-0.3, -0.25) is 9.59 Å². The Balaban J connectivity index is 1.69. The monoisotopic (exact) mass is 378 g/mol. The highest BCUT2D eigenvalue weighted by Crippen LogP contribution is 2.28. The third-order valence-electron chi connectivity index (χ3n) is 4.01. The zero-order valence-electron chi connectivity index (χ0n) is 13.5. The van der Waals surface area contributed by atoms with Gasteiger partial charge in [0.1, 0.15) is 5.75 Å². The molecule has 1 aliphatic rings. The molecule has 130 valence electrons. The lowest BCUT2D eigenvalue weighted by Crippen LogP contribution is -2.28. The Hall–Kier alpha value is -2.24. The molecule has 0 radical (unpaired) electrons. The van der Waals surface area contributed by atoms with Crippen LogP contribution in [-0.4, -0.2) is 25.5 Å². The SMILES string of the molecule is COc1ccc(N2C[C@@H](C(=O)Nc3cc(Cl)cc(Cl)c3)CC2=O)cc1. The first kappa shape index (κ1) is 17.6. The lowest BCUT2D eigenvalue weighted by molar-refractivity contribution is -0.122. The summed E-state index contributed by atoms with van der Waals surface area (Å²) in [6, 6.07) is 12.0. The fourth-order valence-electron chi connectivity index (χ4n) is 2.77. The van der Waals surface area contributed by atoms with Gasteiger partial charge < -0.3 is 15.0 Å². The van der Waals surface area contributed by atoms with Crippen LogP contribution in [0, 0.1) is 5.92 Å². The molecule has 0 aromatic heterocycles. The van der Waals surface area contributed by atoms with Gasteiger partial charge in [0.2, 0.25) is 11.8 Å². The van der Waals surface area contributed by atoms with Crippen LogP contribution in [0.1, 0.15) is 6.42 Å². The smallest absolute Gasteiger partial charge is 0.229 e. The first-order chi connectivity index (χ1) is 12.0. The Bertz CT molecular complexity index is 788. The molecule has 1 aliphatic heterocycles. The maximum atomic E-state index is 12.5. The van der Waals surface area contributed by atoms with Crippen LogP contribution in [0.25, 0.3) is 0 Å². The van der Waals surface area contributed by atoms with Crippen molar-refractivity contribution in [3.05, 3.63) is 52.5 Å². The molecular formula is C18H16Cl2N2O3. The van der Waals surface area contributed by atoms with Crippen LogP contribution in [0.4, 0.5) is 11.4 Å². The summed E-state index contributed by atoms with van der Waals surface area (Å²) in [7, 11) is 1.58. The molecular weight excluding hydrogens is 363 g/mol. The number of hydrogen-bond donors (Lipinski definition) is 1. The fourth-order valence-corrected chi connectivity index (χ4v) is 3.29. The first-order valence-electron chi connectivity index (χ1n) is 7.67. The molecule has 2 aromatic rings. The number of anilines is 2. The Morgan fingerprint density at radius 3 is 2.40 bits per heavy atom. The topological polar surface area (TPSA) is 58.6 Å². The molecule has 25 heavy (non-hydrogen) atoms. The van der Waals surface area contributed by atoms with Crippen molar-refractivity contribution in [2.75, 3.05) is 23.9 Å². The van der Waals surface area contributed by atoms with Gasteiger partial charge in [0.05, 0.1) is 13.0 Å². The molecule has 2 amide bonds. The van der Waals surface area contributed by atoms with E-state index in [1.54, 1.807) is 54.5 Å². The van der Waals surface area contributed by atoms with E-state index < -0.39 is 5.92 Å². The van der Waals surface area contributed by atoms with Crippen molar-refractivity contribution in [1.82, 2.24) is 0 Å². The van der Waals surface area contributed by atoms with E-state index in [0.29, 0.717) is 28.0 Å². The highest BCUT2D eigenvalue weighted by atomic mass is 35.5. The molecule has 3 rings (SSSR count). The Morgan fingerprint density at radius 2 is 1.80 bits per heavy atom. The van der Waals surface area contributed by atoms with Crippen molar-refractivity contribution in [2.24, 2.45) is 5.92 Å². The maximum Gasteiger partial charge on any atom is 0.229 e. The van der Waals surface area contributed by atoms with Crippen molar-refractivity contribution in [2.45, 2.75) is 6.42 Å². The second-order valence-electron chi connectivity index (χ2n) is 5.75. The molecule has 1 saturated heterocycles. The summed E-state index contributed by atoms with van der Waals surface area (Å²) in [6.45, 7) is 0.325. The Kier molecular flexibility index (Phi) is 5.16. The number of halogens is 2. The summed E-state index contributed by atoms with van der Waals surface area (Å²) in [4.78, 5) is 26.3. The van der Waals surface area contributed by atoms with Gasteiger partial charge in [0, 0.05) is 34.4 Å². The fraction of sp³-hybridized carbons (Fsp3) is 0.222. The normalized spacial score (nSPS) is 16.8. The lowest BCUT2D eigenvalue weighted by Gasteiger charge is -2.17. The van der Waals surface area contributed by atoms with Crippen LogP contribution in [0.3, 0.4) is 0 Å². The molecule has 0 unspecified atom stereocenters. The van der Waals surface area contributed by atoms with E-state index in [-0.39, 0.29) is 18.2 Å². The Morgan fingerprint density at radius 1 is 1.16 bits per heavy atom. The molecule has 0 aliphatic carbocycles. The van der Waals surface area contributed by atoms with E-state index in [0.717, 1.165) is 5.69 Å². The minimum absolute atomic E-state index is 0.0885. The van der Waals surface area contributed by atoms with Crippen LogP contribution in [0.15, 0.2) is 42.5 Å². The second kappa shape index (κ2) is 7.33. The highest BCUT2D eigenvalue weighted by molar-refractivity contribution is 6.35. The quantitative estimate of drug-likeness (QED) is 0.874. The summed E-state index contributed by atoms with van der Waals surface area (Å²) in [5, 5.41) is 3.64. The van der Waals surface area contributed by atoms with Crippen molar-refractivity contribution in [3.8, 4) is 5.75 Å². The van der Waals surface area contributed by atoms with Crippen molar-refractivity contribution in [1.29, 1.82) is 0 Å². The number of carbonyl (C=O) groups excluding carboxylic acids is 2. The molecule has 0 bridgehead atoms. The van der Waals surface area contributed by atoms with Crippen molar-refractivity contribution < 1.29 is 14.3 Å². The number of rotatable bonds is 4. The van der Waals surface area contributed by atoms with Gasteiger partial charge >= 0.3 is 0 Å². The number of benzene rings is 2. The molecule has 7 heteroatoms. The zero-order valence-corrected chi connectivity index (χ0v) is 15.0. The lowest BCUT2D eigenvalue weighted by atomic mass is 10.1. The first-order valence-corrected chi connectivity index (χ1v) is 8.43. The molecule has 0 spiro atoms. The molecule has 1 N–H and O–H groups in total. The number of nitrogens with zero attached hydrogens (tertiary/aromatic N) is 1. The third kappa shape index (κ3) is 4.06. The van der Waals surface area contributed by atoms with Crippen molar-refractivity contribution >= 4 is 46.4 Å². The molecule has 5 nitrogen and oxygen atoms in total. The molecule has 1 atom stereocenters. The number of ether oxygens (including phenoxy) is 1. The number of nitrogens with one attached hydrogen (secondary N) is 1. The Labute approximate surface area is 155 Å². The van der Waals surface area contributed by atoms with E-state index in [2.05, 4.69) is 5.32 Å². The van der Waals surface area contributed by atoms with Gasteiger partial charge in [0.25, 0.3) is 0 Å². The summed E-state index contributed by atoms with van der Waals surface area (Å²) < 4.78 is 5.11. The second-order valence-corrected chi connectivity index (χ2v) is 6.62. The minimum atomic E-state index is -0.438.